The first-order valence-electron chi connectivity index (χ1n) is 9.18. The molecular formula is C19H20N4O4S. The van der Waals surface area contributed by atoms with Gasteiger partial charge in [-0.1, -0.05) is 12.1 Å². The third-order valence-electron chi connectivity index (χ3n) is 4.93. The van der Waals surface area contributed by atoms with Crippen molar-refractivity contribution in [2.45, 2.75) is 25.8 Å². The van der Waals surface area contributed by atoms with Crippen molar-refractivity contribution in [3.05, 3.63) is 46.4 Å². The smallest absolute Gasteiger partial charge is 0.408 e. The number of rotatable bonds is 5. The van der Waals surface area contributed by atoms with Gasteiger partial charge < -0.3 is 14.6 Å². The zero-order chi connectivity index (χ0) is 19.5. The number of thiazole rings is 1. The Kier molecular flexibility index (Phi) is 5.25. The van der Waals surface area contributed by atoms with Crippen LogP contribution in [-0.4, -0.2) is 39.4 Å². The van der Waals surface area contributed by atoms with Crippen LogP contribution < -0.4 is 11.1 Å². The van der Waals surface area contributed by atoms with Gasteiger partial charge >= 0.3 is 5.76 Å². The average Bonchev–Trinajstić information content (AvgIpc) is 3.33. The summed E-state index contributed by atoms with van der Waals surface area (Å²) in [7, 11) is 0. The first-order chi connectivity index (χ1) is 13.6. The van der Waals surface area contributed by atoms with Crippen molar-refractivity contribution in [2.24, 2.45) is 5.92 Å². The summed E-state index contributed by atoms with van der Waals surface area (Å²) in [5.41, 5.74) is 1.19. The van der Waals surface area contributed by atoms with Crippen LogP contribution >= 0.6 is 11.3 Å². The van der Waals surface area contributed by atoms with Gasteiger partial charge in [-0.15, -0.1) is 11.3 Å². The normalized spacial score (nSPS) is 17.0. The van der Waals surface area contributed by atoms with E-state index in [1.807, 2.05) is 6.07 Å². The molecule has 1 aliphatic heterocycles. The number of hydrogen-bond donors (Lipinski definition) is 1. The molecule has 3 heterocycles. The van der Waals surface area contributed by atoms with Crippen LogP contribution in [0.1, 0.15) is 19.3 Å². The minimum atomic E-state index is -0.464. The van der Waals surface area contributed by atoms with Gasteiger partial charge in [-0.25, -0.2) is 9.78 Å². The molecule has 0 spiro atoms. The molecule has 146 valence electrons. The summed E-state index contributed by atoms with van der Waals surface area (Å²) in [4.78, 5) is 42.9. The lowest BCUT2D eigenvalue weighted by atomic mass is 9.97. The SMILES string of the molecule is O=C(Nc1nccs1)C1CCCN(C(=O)CCn2c(=O)oc3ccccc32)C1. The van der Waals surface area contributed by atoms with Crippen molar-refractivity contribution >= 4 is 39.4 Å². The van der Waals surface area contributed by atoms with Gasteiger partial charge in [0.25, 0.3) is 0 Å². The Labute approximate surface area is 164 Å². The van der Waals surface area contributed by atoms with Crippen molar-refractivity contribution in [2.75, 3.05) is 18.4 Å². The van der Waals surface area contributed by atoms with Crippen LogP contribution in [0.2, 0.25) is 0 Å². The number of oxazole rings is 1. The van der Waals surface area contributed by atoms with Gasteiger partial charge in [0.15, 0.2) is 10.7 Å². The molecule has 1 unspecified atom stereocenters. The number of carbonyl (C=O) groups is 2. The van der Waals surface area contributed by atoms with Gasteiger partial charge in [0.1, 0.15) is 0 Å². The number of anilines is 1. The molecule has 2 amide bonds. The number of fused-ring (bicyclic) bond motifs is 1. The fourth-order valence-corrected chi connectivity index (χ4v) is 4.03. The molecule has 4 rings (SSSR count). The topological polar surface area (TPSA) is 97.4 Å². The highest BCUT2D eigenvalue weighted by atomic mass is 32.1. The number of nitrogens with zero attached hydrogens (tertiary/aromatic N) is 3. The molecule has 1 aromatic carbocycles. The van der Waals surface area contributed by atoms with E-state index in [1.165, 1.54) is 15.9 Å². The minimum absolute atomic E-state index is 0.0658. The van der Waals surface area contributed by atoms with Gasteiger partial charge in [0, 0.05) is 37.6 Å². The van der Waals surface area contributed by atoms with Crippen LogP contribution in [0.5, 0.6) is 0 Å². The van der Waals surface area contributed by atoms with Crippen molar-refractivity contribution in [3.63, 3.8) is 0 Å². The van der Waals surface area contributed by atoms with Crippen molar-refractivity contribution in [3.8, 4) is 0 Å². The number of nitrogens with one attached hydrogen (secondary N) is 1. The predicted octanol–water partition coefficient (Wildman–Crippen LogP) is 2.32. The van der Waals surface area contributed by atoms with Gasteiger partial charge in [0.2, 0.25) is 11.8 Å². The number of hydrogen-bond acceptors (Lipinski definition) is 6. The maximum absolute atomic E-state index is 12.7. The molecule has 9 heteroatoms. The zero-order valence-corrected chi connectivity index (χ0v) is 16.0. The second-order valence-corrected chi connectivity index (χ2v) is 7.64. The van der Waals surface area contributed by atoms with E-state index < -0.39 is 5.76 Å². The third-order valence-corrected chi connectivity index (χ3v) is 5.62. The van der Waals surface area contributed by atoms with E-state index in [4.69, 9.17) is 4.42 Å². The van der Waals surface area contributed by atoms with Gasteiger partial charge in [0.05, 0.1) is 11.4 Å². The number of aryl methyl sites for hydroxylation is 1. The third kappa shape index (κ3) is 3.84. The molecule has 1 saturated heterocycles. The fraction of sp³-hybridized carbons (Fsp3) is 0.368. The van der Waals surface area contributed by atoms with E-state index in [-0.39, 0.29) is 30.7 Å². The molecule has 0 bridgehead atoms. The Morgan fingerprint density at radius 3 is 3.00 bits per heavy atom. The quantitative estimate of drug-likeness (QED) is 0.709. The number of aromatic nitrogens is 2. The van der Waals surface area contributed by atoms with Crippen LogP contribution in [0, 0.1) is 5.92 Å². The number of likely N-dealkylation sites (tertiary alicyclic amines) is 1. The Morgan fingerprint density at radius 1 is 1.32 bits per heavy atom. The van der Waals surface area contributed by atoms with Crippen molar-refractivity contribution in [1.29, 1.82) is 0 Å². The van der Waals surface area contributed by atoms with E-state index in [0.29, 0.717) is 29.3 Å². The summed E-state index contributed by atoms with van der Waals surface area (Å²) in [5.74, 6) is -0.888. The summed E-state index contributed by atoms with van der Waals surface area (Å²) in [6.45, 7) is 1.26. The van der Waals surface area contributed by atoms with E-state index in [9.17, 15) is 14.4 Å². The summed E-state index contributed by atoms with van der Waals surface area (Å²) in [5, 5.41) is 5.17. The highest BCUT2D eigenvalue weighted by Gasteiger charge is 2.28. The molecule has 0 radical (unpaired) electrons. The summed E-state index contributed by atoms with van der Waals surface area (Å²) in [6, 6.07) is 7.15. The lowest BCUT2D eigenvalue weighted by molar-refractivity contribution is -0.134. The molecule has 0 aliphatic carbocycles. The zero-order valence-electron chi connectivity index (χ0n) is 15.2. The van der Waals surface area contributed by atoms with E-state index >= 15 is 0 Å². The van der Waals surface area contributed by atoms with Crippen molar-refractivity contribution in [1.82, 2.24) is 14.5 Å². The van der Waals surface area contributed by atoms with E-state index in [2.05, 4.69) is 10.3 Å². The molecule has 1 aliphatic rings. The maximum atomic E-state index is 12.7. The predicted molar refractivity (Wildman–Crippen MR) is 105 cm³/mol. The molecule has 1 fully saturated rings. The summed E-state index contributed by atoms with van der Waals surface area (Å²) < 4.78 is 6.68. The van der Waals surface area contributed by atoms with Crippen LogP contribution in [0.15, 0.2) is 45.1 Å². The number of carbonyl (C=O) groups excluding carboxylic acids is 2. The molecule has 0 saturated carbocycles. The fourth-order valence-electron chi connectivity index (χ4n) is 3.50. The number of para-hydroxylation sites is 2. The highest BCUT2D eigenvalue weighted by Crippen LogP contribution is 2.20. The highest BCUT2D eigenvalue weighted by molar-refractivity contribution is 7.13. The Bertz CT molecular complexity index is 1040. The number of amides is 2. The average molecular weight is 400 g/mol. The first-order valence-corrected chi connectivity index (χ1v) is 10.1. The molecule has 28 heavy (non-hydrogen) atoms. The molecule has 1 atom stereocenters. The lowest BCUT2D eigenvalue weighted by Gasteiger charge is -2.32. The Balaban J connectivity index is 1.37. The Morgan fingerprint density at radius 2 is 2.18 bits per heavy atom. The summed E-state index contributed by atoms with van der Waals surface area (Å²) >= 11 is 1.37. The molecule has 1 N–H and O–H groups in total. The first kappa shape index (κ1) is 18.4. The monoisotopic (exact) mass is 400 g/mol. The molecule has 8 nitrogen and oxygen atoms in total. The van der Waals surface area contributed by atoms with Gasteiger partial charge in [-0.2, -0.15) is 0 Å². The molecular weight excluding hydrogens is 380 g/mol. The maximum Gasteiger partial charge on any atom is 0.419 e. The number of piperidine rings is 1. The standard InChI is InChI=1S/C19H20N4O4S/c24-16(7-10-23-14-5-1-2-6-15(14)27-19(23)26)22-9-3-4-13(12-22)17(25)21-18-20-8-11-28-18/h1-2,5-6,8,11,13H,3-4,7,9-10,12H2,(H,20,21,25). The van der Waals surface area contributed by atoms with E-state index in [1.54, 1.807) is 34.7 Å². The molecule has 3 aromatic rings. The van der Waals surface area contributed by atoms with Gasteiger partial charge in [-0.05, 0) is 25.0 Å². The largest absolute Gasteiger partial charge is 0.419 e. The minimum Gasteiger partial charge on any atom is -0.408 e. The summed E-state index contributed by atoms with van der Waals surface area (Å²) in [6.07, 6.45) is 3.34. The van der Waals surface area contributed by atoms with E-state index in [0.717, 1.165) is 12.8 Å². The number of benzene rings is 1. The Hall–Kier alpha value is -2.94. The van der Waals surface area contributed by atoms with Crippen LogP contribution in [0.25, 0.3) is 11.1 Å². The molecule has 2 aromatic heterocycles. The second kappa shape index (κ2) is 7.97. The van der Waals surface area contributed by atoms with Crippen LogP contribution in [0.3, 0.4) is 0 Å². The van der Waals surface area contributed by atoms with Crippen molar-refractivity contribution < 1.29 is 14.0 Å². The van der Waals surface area contributed by atoms with Gasteiger partial charge in [-0.3, -0.25) is 14.2 Å². The second-order valence-electron chi connectivity index (χ2n) is 6.74. The van der Waals surface area contributed by atoms with Crippen LogP contribution in [-0.2, 0) is 16.1 Å². The lowest BCUT2D eigenvalue weighted by Crippen LogP contribution is -2.44. The van der Waals surface area contributed by atoms with Crippen LogP contribution in [0.4, 0.5) is 5.13 Å².